The minimum absolute atomic E-state index is 0.127. The Labute approximate surface area is 151 Å². The molecule has 0 bridgehead atoms. The van der Waals surface area contributed by atoms with E-state index in [1.807, 2.05) is 37.3 Å². The van der Waals surface area contributed by atoms with Crippen LogP contribution in [0.1, 0.15) is 23.7 Å². The Morgan fingerprint density at radius 3 is 2.56 bits per heavy atom. The van der Waals surface area contributed by atoms with Crippen LogP contribution in [0.2, 0.25) is 5.15 Å². The number of nitrogens with zero attached hydrogens (tertiary/aromatic N) is 2. The Morgan fingerprint density at radius 2 is 1.88 bits per heavy atom. The fourth-order valence-corrected chi connectivity index (χ4v) is 2.56. The van der Waals surface area contributed by atoms with Crippen LogP contribution in [0.15, 0.2) is 36.4 Å². The number of carbonyl (C=O) groups excluding carboxylic acids is 2. The molecule has 132 valence electrons. The number of carbonyl (C=O) groups is 2. The summed E-state index contributed by atoms with van der Waals surface area (Å²) in [6.07, 6.45) is 3.07. The van der Waals surface area contributed by atoms with Gasteiger partial charge in [0.25, 0.3) is 0 Å². The summed E-state index contributed by atoms with van der Waals surface area (Å²) < 4.78 is 1.71. The third-order valence-corrected chi connectivity index (χ3v) is 3.88. The highest BCUT2D eigenvalue weighted by Crippen LogP contribution is 2.22. The maximum Gasteiger partial charge on any atom is 0.244 e. The van der Waals surface area contributed by atoms with Crippen molar-refractivity contribution in [1.82, 2.24) is 20.4 Å². The lowest BCUT2D eigenvalue weighted by Gasteiger charge is -2.03. The van der Waals surface area contributed by atoms with Gasteiger partial charge in [-0.2, -0.15) is 5.10 Å². The molecule has 7 heteroatoms. The monoisotopic (exact) mass is 360 g/mol. The number of benzene rings is 1. The summed E-state index contributed by atoms with van der Waals surface area (Å²) in [6.45, 7) is 4.60. The molecule has 2 N–H and O–H groups in total. The molecule has 2 aromatic rings. The molecule has 2 amide bonds. The number of nitrogens with one attached hydrogen (secondary N) is 2. The molecule has 0 unspecified atom stereocenters. The molecule has 0 saturated carbocycles. The molecule has 25 heavy (non-hydrogen) atoms. The fourth-order valence-electron chi connectivity index (χ4n) is 2.26. The Bertz CT molecular complexity index is 769. The van der Waals surface area contributed by atoms with Crippen molar-refractivity contribution in [2.45, 2.75) is 20.4 Å². The van der Waals surface area contributed by atoms with E-state index in [2.05, 4.69) is 15.7 Å². The lowest BCUT2D eigenvalue weighted by atomic mass is 10.2. The lowest BCUT2D eigenvalue weighted by molar-refractivity contribution is -0.119. The van der Waals surface area contributed by atoms with Crippen molar-refractivity contribution in [1.29, 1.82) is 0 Å². The summed E-state index contributed by atoms with van der Waals surface area (Å²) in [7, 11) is 0. The smallest absolute Gasteiger partial charge is 0.244 e. The normalized spacial score (nSPS) is 10.8. The zero-order valence-electron chi connectivity index (χ0n) is 14.3. The highest BCUT2D eigenvalue weighted by molar-refractivity contribution is 6.31. The first-order chi connectivity index (χ1) is 12.0. The number of hydrogen-bond acceptors (Lipinski definition) is 3. The standard InChI is InChI=1S/C18H21ClN4O2/c1-13-16(8-9-17(25)21-11-10-20-14(2)24)18(19)23(22-13)12-15-6-4-3-5-7-15/h3-9H,10-12H2,1-2H3,(H,20,24)(H,21,25). The summed E-state index contributed by atoms with van der Waals surface area (Å²) in [5.74, 6) is -0.380. The highest BCUT2D eigenvalue weighted by atomic mass is 35.5. The maximum absolute atomic E-state index is 11.8. The first-order valence-corrected chi connectivity index (χ1v) is 8.32. The van der Waals surface area contributed by atoms with Crippen molar-refractivity contribution in [3.63, 3.8) is 0 Å². The van der Waals surface area contributed by atoms with Crippen molar-refractivity contribution in [2.75, 3.05) is 13.1 Å². The number of aromatic nitrogens is 2. The Hall–Kier alpha value is -2.60. The van der Waals surface area contributed by atoms with Gasteiger partial charge in [-0.05, 0) is 18.6 Å². The van der Waals surface area contributed by atoms with E-state index in [1.54, 1.807) is 10.8 Å². The van der Waals surface area contributed by atoms with Gasteiger partial charge in [0.15, 0.2) is 0 Å². The fraction of sp³-hybridized carbons (Fsp3) is 0.278. The minimum atomic E-state index is -0.253. The van der Waals surface area contributed by atoms with Crippen LogP contribution in [-0.2, 0) is 16.1 Å². The molecule has 1 aromatic heterocycles. The van der Waals surface area contributed by atoms with Crippen LogP contribution < -0.4 is 10.6 Å². The second-order valence-corrected chi connectivity index (χ2v) is 5.90. The van der Waals surface area contributed by atoms with Gasteiger partial charge in [-0.1, -0.05) is 41.9 Å². The van der Waals surface area contributed by atoms with Gasteiger partial charge in [0.05, 0.1) is 12.2 Å². The van der Waals surface area contributed by atoms with Crippen molar-refractivity contribution in [3.8, 4) is 0 Å². The van der Waals surface area contributed by atoms with Gasteiger partial charge in [0.1, 0.15) is 5.15 Å². The van der Waals surface area contributed by atoms with E-state index < -0.39 is 0 Å². The van der Waals surface area contributed by atoms with Crippen LogP contribution in [0, 0.1) is 6.92 Å². The molecule has 0 spiro atoms. The number of halogens is 1. The minimum Gasteiger partial charge on any atom is -0.355 e. The zero-order chi connectivity index (χ0) is 18.2. The van der Waals surface area contributed by atoms with Crippen LogP contribution in [0.4, 0.5) is 0 Å². The van der Waals surface area contributed by atoms with Gasteiger partial charge in [-0.25, -0.2) is 4.68 Å². The van der Waals surface area contributed by atoms with Crippen LogP contribution >= 0.6 is 11.6 Å². The van der Waals surface area contributed by atoms with Gasteiger partial charge >= 0.3 is 0 Å². The molecular formula is C18H21ClN4O2. The van der Waals surface area contributed by atoms with Crippen LogP contribution in [-0.4, -0.2) is 34.7 Å². The topological polar surface area (TPSA) is 76.0 Å². The van der Waals surface area contributed by atoms with Crippen molar-refractivity contribution >= 4 is 29.5 Å². The summed E-state index contributed by atoms with van der Waals surface area (Å²) >= 11 is 6.39. The Kier molecular flexibility index (Phi) is 6.77. The van der Waals surface area contributed by atoms with Gasteiger partial charge in [0.2, 0.25) is 11.8 Å². The van der Waals surface area contributed by atoms with E-state index in [4.69, 9.17) is 11.6 Å². The van der Waals surface area contributed by atoms with Crippen molar-refractivity contribution < 1.29 is 9.59 Å². The quantitative estimate of drug-likeness (QED) is 0.587. The van der Waals surface area contributed by atoms with Gasteiger partial charge in [-0.15, -0.1) is 0 Å². The molecule has 0 radical (unpaired) electrons. The molecule has 6 nitrogen and oxygen atoms in total. The van der Waals surface area contributed by atoms with Crippen molar-refractivity contribution in [3.05, 3.63) is 58.4 Å². The van der Waals surface area contributed by atoms with Gasteiger partial charge in [-0.3, -0.25) is 9.59 Å². The number of hydrogen-bond donors (Lipinski definition) is 2. The lowest BCUT2D eigenvalue weighted by Crippen LogP contribution is -2.32. The molecule has 1 heterocycles. The van der Waals surface area contributed by atoms with E-state index in [0.717, 1.165) is 16.8 Å². The Morgan fingerprint density at radius 1 is 1.20 bits per heavy atom. The van der Waals surface area contributed by atoms with E-state index in [0.29, 0.717) is 24.8 Å². The van der Waals surface area contributed by atoms with Crippen LogP contribution in [0.25, 0.3) is 6.08 Å². The summed E-state index contributed by atoms with van der Waals surface area (Å²) in [5.41, 5.74) is 2.57. The highest BCUT2D eigenvalue weighted by Gasteiger charge is 2.11. The number of aryl methyl sites for hydroxylation is 1. The average Bonchev–Trinajstić information content (AvgIpc) is 2.84. The molecule has 0 aliphatic rings. The molecule has 0 atom stereocenters. The Balaban J connectivity index is 1.97. The summed E-state index contributed by atoms with van der Waals surface area (Å²) in [6, 6.07) is 9.90. The van der Waals surface area contributed by atoms with E-state index >= 15 is 0 Å². The second-order valence-electron chi connectivity index (χ2n) is 5.54. The maximum atomic E-state index is 11.8. The van der Waals surface area contributed by atoms with E-state index in [-0.39, 0.29) is 11.8 Å². The second kappa shape index (κ2) is 9.03. The first-order valence-electron chi connectivity index (χ1n) is 7.94. The molecular weight excluding hydrogens is 340 g/mol. The van der Waals surface area contributed by atoms with Gasteiger partial charge in [0, 0.05) is 31.7 Å². The predicted molar refractivity (Wildman–Crippen MR) is 98.2 cm³/mol. The summed E-state index contributed by atoms with van der Waals surface area (Å²) in [4.78, 5) is 22.5. The SMILES string of the molecule is CC(=O)NCCNC(=O)C=Cc1c(C)nn(Cc2ccccc2)c1Cl. The zero-order valence-corrected chi connectivity index (χ0v) is 15.0. The molecule has 2 rings (SSSR count). The van der Waals surface area contributed by atoms with E-state index in [9.17, 15) is 9.59 Å². The summed E-state index contributed by atoms with van der Waals surface area (Å²) in [5, 5.41) is 10.2. The van der Waals surface area contributed by atoms with Crippen LogP contribution in [0.3, 0.4) is 0 Å². The van der Waals surface area contributed by atoms with Crippen molar-refractivity contribution in [2.24, 2.45) is 0 Å². The average molecular weight is 361 g/mol. The van der Waals surface area contributed by atoms with E-state index in [1.165, 1.54) is 13.0 Å². The van der Waals surface area contributed by atoms with Crippen LogP contribution in [0.5, 0.6) is 0 Å². The van der Waals surface area contributed by atoms with Gasteiger partial charge < -0.3 is 10.6 Å². The molecule has 0 aliphatic heterocycles. The molecule has 0 aliphatic carbocycles. The third kappa shape index (κ3) is 5.76. The largest absolute Gasteiger partial charge is 0.355 e. The number of rotatable bonds is 7. The number of amides is 2. The third-order valence-electron chi connectivity index (χ3n) is 3.48. The molecule has 0 fully saturated rings. The first kappa shape index (κ1) is 18.7. The predicted octanol–water partition coefficient (Wildman–Crippen LogP) is 2.16. The molecule has 0 saturated heterocycles. The molecule has 1 aromatic carbocycles.